The van der Waals surface area contributed by atoms with Gasteiger partial charge in [0.15, 0.2) is 0 Å². The molecule has 0 saturated carbocycles. The Kier molecular flexibility index (Phi) is 4.50. The largest absolute Gasteiger partial charge is 0.310 e. The predicted octanol–water partition coefficient (Wildman–Crippen LogP) is 5.93. The molecule has 0 heterocycles. The molecule has 0 aliphatic carbocycles. The zero-order valence-corrected chi connectivity index (χ0v) is 14.6. The summed E-state index contributed by atoms with van der Waals surface area (Å²) in [6.07, 6.45) is 1.68. The van der Waals surface area contributed by atoms with E-state index in [1.54, 1.807) is 24.3 Å². The van der Waals surface area contributed by atoms with Gasteiger partial charge in [-0.2, -0.15) is 0 Å². The van der Waals surface area contributed by atoms with Crippen LogP contribution in [0.25, 0.3) is 10.8 Å². The molecule has 4 rings (SSSR count). The van der Waals surface area contributed by atoms with Crippen molar-refractivity contribution in [2.75, 3.05) is 4.90 Å². The van der Waals surface area contributed by atoms with Gasteiger partial charge in [-0.3, -0.25) is 9.59 Å². The second-order valence-corrected chi connectivity index (χ2v) is 6.25. The Morgan fingerprint density at radius 3 is 1.63 bits per heavy atom. The van der Waals surface area contributed by atoms with Crippen LogP contribution in [0, 0.1) is 0 Å². The van der Waals surface area contributed by atoms with E-state index in [0.717, 1.165) is 40.4 Å². The lowest BCUT2D eigenvalue weighted by Gasteiger charge is -2.27. The molecule has 0 saturated heterocycles. The molecule has 0 aliphatic heterocycles. The molecule has 0 unspecified atom stereocenters. The number of fused-ring (bicyclic) bond motifs is 1. The Hall–Kier alpha value is -3.72. The Morgan fingerprint density at radius 2 is 1.07 bits per heavy atom. The minimum atomic E-state index is 0.632. The summed E-state index contributed by atoms with van der Waals surface area (Å²) in [7, 11) is 0. The second-order valence-electron chi connectivity index (χ2n) is 6.25. The number of carbonyl (C=O) groups is 2. The van der Waals surface area contributed by atoms with Crippen molar-refractivity contribution >= 4 is 40.4 Å². The molecule has 0 N–H and O–H groups in total. The first kappa shape index (κ1) is 16.7. The molecule has 27 heavy (non-hydrogen) atoms. The van der Waals surface area contributed by atoms with Crippen molar-refractivity contribution in [3.63, 3.8) is 0 Å². The van der Waals surface area contributed by atoms with Gasteiger partial charge in [0.2, 0.25) is 0 Å². The third-order valence-corrected chi connectivity index (χ3v) is 4.58. The molecule has 0 radical (unpaired) electrons. The Bertz CT molecular complexity index is 1040. The van der Waals surface area contributed by atoms with Gasteiger partial charge in [-0.1, -0.05) is 36.4 Å². The van der Waals surface area contributed by atoms with Crippen molar-refractivity contribution in [3.05, 3.63) is 102 Å². The van der Waals surface area contributed by atoms with E-state index < -0.39 is 0 Å². The van der Waals surface area contributed by atoms with Crippen LogP contribution < -0.4 is 4.90 Å². The van der Waals surface area contributed by atoms with Crippen molar-refractivity contribution < 1.29 is 9.59 Å². The van der Waals surface area contributed by atoms with Crippen molar-refractivity contribution in [1.29, 1.82) is 0 Å². The Morgan fingerprint density at radius 1 is 0.556 bits per heavy atom. The van der Waals surface area contributed by atoms with E-state index in [-0.39, 0.29) is 0 Å². The van der Waals surface area contributed by atoms with Crippen LogP contribution in [0.4, 0.5) is 17.1 Å². The first-order chi connectivity index (χ1) is 13.3. The molecule has 0 bridgehead atoms. The standard InChI is InChI=1S/C24H17NO2/c26-16-18-8-12-21(13-9-18)25(22-14-10-19(17-27)11-15-22)24-7-3-5-20-4-1-2-6-23(20)24/h1-17H. The topological polar surface area (TPSA) is 37.4 Å². The van der Waals surface area contributed by atoms with Crippen molar-refractivity contribution in [3.8, 4) is 0 Å². The molecule has 130 valence electrons. The maximum atomic E-state index is 11.0. The van der Waals surface area contributed by atoms with E-state index >= 15 is 0 Å². The van der Waals surface area contributed by atoms with Gasteiger partial charge < -0.3 is 4.90 Å². The fourth-order valence-electron chi connectivity index (χ4n) is 3.23. The fraction of sp³-hybridized carbons (Fsp3) is 0. The van der Waals surface area contributed by atoms with Crippen molar-refractivity contribution in [2.45, 2.75) is 0 Å². The molecule has 0 fully saturated rings. The molecule has 0 atom stereocenters. The molecule has 4 aromatic rings. The predicted molar refractivity (Wildman–Crippen MR) is 109 cm³/mol. The number of nitrogens with zero attached hydrogens (tertiary/aromatic N) is 1. The van der Waals surface area contributed by atoms with Crippen molar-refractivity contribution in [2.24, 2.45) is 0 Å². The summed E-state index contributed by atoms with van der Waals surface area (Å²) in [6.45, 7) is 0. The number of aldehydes is 2. The number of rotatable bonds is 5. The number of carbonyl (C=O) groups excluding carboxylic acids is 2. The second kappa shape index (κ2) is 7.26. The van der Waals surface area contributed by atoms with E-state index in [4.69, 9.17) is 0 Å². The van der Waals surface area contributed by atoms with Crippen LogP contribution in [0.1, 0.15) is 20.7 Å². The summed E-state index contributed by atoms with van der Waals surface area (Å²) in [5.41, 5.74) is 4.18. The summed E-state index contributed by atoms with van der Waals surface area (Å²) in [6, 6.07) is 29.4. The average molecular weight is 351 g/mol. The quantitative estimate of drug-likeness (QED) is 0.418. The molecule has 3 heteroatoms. The summed E-state index contributed by atoms with van der Waals surface area (Å²) in [5, 5.41) is 2.27. The molecule has 0 aliphatic rings. The third-order valence-electron chi connectivity index (χ3n) is 4.58. The Labute approximate surface area is 157 Å². The van der Waals surface area contributed by atoms with E-state index in [2.05, 4.69) is 29.2 Å². The maximum absolute atomic E-state index is 11.0. The fourth-order valence-corrected chi connectivity index (χ4v) is 3.23. The van der Waals surface area contributed by atoms with Crippen LogP contribution in [0.15, 0.2) is 91.0 Å². The van der Waals surface area contributed by atoms with Gasteiger partial charge in [-0.05, 0) is 60.0 Å². The van der Waals surface area contributed by atoms with E-state index in [9.17, 15) is 9.59 Å². The minimum absolute atomic E-state index is 0.632. The van der Waals surface area contributed by atoms with E-state index in [0.29, 0.717) is 11.1 Å². The molecular formula is C24H17NO2. The first-order valence-corrected chi connectivity index (χ1v) is 8.68. The van der Waals surface area contributed by atoms with Gasteiger partial charge in [-0.15, -0.1) is 0 Å². The zero-order chi connectivity index (χ0) is 18.6. The van der Waals surface area contributed by atoms with Crippen LogP contribution in [0.5, 0.6) is 0 Å². The van der Waals surface area contributed by atoms with Crippen molar-refractivity contribution in [1.82, 2.24) is 0 Å². The number of hydrogen-bond acceptors (Lipinski definition) is 3. The molecule has 0 aromatic heterocycles. The summed E-state index contributed by atoms with van der Waals surface area (Å²) < 4.78 is 0. The number of anilines is 3. The van der Waals surface area contributed by atoms with Gasteiger partial charge in [-0.25, -0.2) is 0 Å². The summed E-state index contributed by atoms with van der Waals surface area (Å²) in [4.78, 5) is 24.2. The number of benzene rings is 4. The van der Waals surface area contributed by atoms with Crippen LogP contribution in [-0.2, 0) is 0 Å². The lowest BCUT2D eigenvalue weighted by Crippen LogP contribution is -2.10. The average Bonchev–Trinajstić information content (AvgIpc) is 2.75. The van der Waals surface area contributed by atoms with Crippen LogP contribution in [0.3, 0.4) is 0 Å². The van der Waals surface area contributed by atoms with Crippen LogP contribution in [-0.4, -0.2) is 12.6 Å². The molecule has 4 aromatic carbocycles. The minimum Gasteiger partial charge on any atom is -0.310 e. The molecule has 0 spiro atoms. The van der Waals surface area contributed by atoms with E-state index in [1.807, 2.05) is 42.5 Å². The van der Waals surface area contributed by atoms with Gasteiger partial charge >= 0.3 is 0 Å². The van der Waals surface area contributed by atoms with Crippen LogP contribution in [0.2, 0.25) is 0 Å². The number of hydrogen-bond donors (Lipinski definition) is 0. The van der Waals surface area contributed by atoms with Gasteiger partial charge in [0.25, 0.3) is 0 Å². The Balaban J connectivity index is 1.93. The van der Waals surface area contributed by atoms with E-state index in [1.165, 1.54) is 0 Å². The maximum Gasteiger partial charge on any atom is 0.150 e. The molecule has 3 nitrogen and oxygen atoms in total. The molecule has 0 amide bonds. The molecular weight excluding hydrogens is 334 g/mol. The first-order valence-electron chi connectivity index (χ1n) is 8.68. The van der Waals surface area contributed by atoms with Gasteiger partial charge in [0.05, 0.1) is 5.69 Å². The highest BCUT2D eigenvalue weighted by atomic mass is 16.1. The highest BCUT2D eigenvalue weighted by Gasteiger charge is 2.15. The third kappa shape index (κ3) is 3.23. The highest BCUT2D eigenvalue weighted by Crippen LogP contribution is 2.38. The lowest BCUT2D eigenvalue weighted by atomic mass is 10.1. The monoisotopic (exact) mass is 351 g/mol. The zero-order valence-electron chi connectivity index (χ0n) is 14.6. The highest BCUT2D eigenvalue weighted by molar-refractivity contribution is 5.99. The lowest BCUT2D eigenvalue weighted by molar-refractivity contribution is 0.111. The normalized spacial score (nSPS) is 10.5. The summed E-state index contributed by atoms with van der Waals surface area (Å²) >= 11 is 0. The van der Waals surface area contributed by atoms with Crippen LogP contribution >= 0.6 is 0 Å². The van der Waals surface area contributed by atoms with Gasteiger partial charge in [0, 0.05) is 27.9 Å². The summed E-state index contributed by atoms with van der Waals surface area (Å²) in [5.74, 6) is 0. The van der Waals surface area contributed by atoms with Gasteiger partial charge in [0.1, 0.15) is 12.6 Å². The SMILES string of the molecule is O=Cc1ccc(N(c2ccc(C=O)cc2)c2cccc3ccccc23)cc1. The smallest absolute Gasteiger partial charge is 0.150 e.